The van der Waals surface area contributed by atoms with Crippen molar-refractivity contribution < 1.29 is 0 Å². The fourth-order valence-corrected chi connectivity index (χ4v) is 3.62. The molecule has 1 aromatic carbocycles. The number of pyridine rings is 1. The minimum Gasteiger partial charge on any atom is -0.380 e. The quantitative estimate of drug-likeness (QED) is 0.456. The highest BCUT2D eigenvalue weighted by molar-refractivity contribution is 7.15. The van der Waals surface area contributed by atoms with Gasteiger partial charge in [-0.05, 0) is 24.3 Å². The Labute approximate surface area is 152 Å². The molecular weight excluding hydrogens is 363 g/mol. The summed E-state index contributed by atoms with van der Waals surface area (Å²) in [5.74, 6) is 0. The monoisotopic (exact) mass is 374 g/mol. The van der Waals surface area contributed by atoms with Crippen LogP contribution in [0.2, 0.25) is 9.62 Å². The molecule has 0 unspecified atom stereocenters. The highest BCUT2D eigenvalue weighted by Gasteiger charge is 2.09. The Hall–Kier alpha value is -2.08. The number of aromatic amines is 1. The van der Waals surface area contributed by atoms with E-state index in [1.54, 1.807) is 12.3 Å². The minimum atomic E-state index is 0.488. The fourth-order valence-electron chi connectivity index (χ4n) is 2.55. The summed E-state index contributed by atoms with van der Waals surface area (Å²) in [6.07, 6.45) is 1.79. The highest BCUT2D eigenvalue weighted by Crippen LogP contribution is 2.30. The third kappa shape index (κ3) is 3.11. The van der Waals surface area contributed by atoms with Gasteiger partial charge in [-0.1, -0.05) is 41.4 Å². The lowest BCUT2D eigenvalue weighted by atomic mass is 10.1. The van der Waals surface area contributed by atoms with Crippen LogP contribution in [-0.2, 0) is 6.54 Å². The van der Waals surface area contributed by atoms with Crippen molar-refractivity contribution in [3.63, 3.8) is 0 Å². The second-order valence-corrected chi connectivity index (χ2v) is 7.31. The van der Waals surface area contributed by atoms with Crippen molar-refractivity contribution in [2.75, 3.05) is 5.32 Å². The van der Waals surface area contributed by atoms with Crippen LogP contribution in [0, 0.1) is 0 Å². The normalized spacial score (nSPS) is 11.1. The number of nitrogens with one attached hydrogen (secondary N) is 2. The van der Waals surface area contributed by atoms with Crippen LogP contribution in [-0.4, -0.2) is 15.0 Å². The summed E-state index contributed by atoms with van der Waals surface area (Å²) in [6.45, 7) is 0.672. The van der Waals surface area contributed by atoms with Crippen molar-refractivity contribution in [3.05, 3.63) is 63.2 Å². The number of fused-ring (bicyclic) bond motifs is 1. The molecule has 0 saturated carbocycles. The standard InChI is InChI=1S/C17H12Cl2N4S/c18-16-6-5-13-15(23-16)7-14(22-13)11-3-1-2-4-12(11)20-8-10-9-21-17(19)24-10/h1-7,9,20,22H,8H2. The third-order valence-electron chi connectivity index (χ3n) is 3.64. The summed E-state index contributed by atoms with van der Waals surface area (Å²) in [7, 11) is 0. The van der Waals surface area contributed by atoms with Gasteiger partial charge in [0.1, 0.15) is 5.15 Å². The number of rotatable bonds is 4. The summed E-state index contributed by atoms with van der Waals surface area (Å²) < 4.78 is 0.554. The predicted octanol–water partition coefficient (Wildman–Crippen LogP) is 5.61. The van der Waals surface area contributed by atoms with Gasteiger partial charge in [0.25, 0.3) is 0 Å². The first-order chi connectivity index (χ1) is 11.7. The number of nitrogens with zero attached hydrogens (tertiary/aromatic N) is 2. The van der Waals surface area contributed by atoms with Gasteiger partial charge in [-0.25, -0.2) is 9.97 Å². The molecule has 4 aromatic rings. The van der Waals surface area contributed by atoms with Crippen molar-refractivity contribution >= 4 is 51.3 Å². The Kier molecular flexibility index (Phi) is 4.14. The third-order valence-corrected chi connectivity index (χ3v) is 4.96. The van der Waals surface area contributed by atoms with E-state index < -0.39 is 0 Å². The van der Waals surface area contributed by atoms with E-state index in [4.69, 9.17) is 23.2 Å². The second kappa shape index (κ2) is 6.43. The summed E-state index contributed by atoms with van der Waals surface area (Å²) >= 11 is 13.3. The zero-order valence-electron chi connectivity index (χ0n) is 12.4. The van der Waals surface area contributed by atoms with Gasteiger partial charge in [-0.3, -0.25) is 0 Å². The van der Waals surface area contributed by atoms with E-state index in [-0.39, 0.29) is 0 Å². The lowest BCUT2D eigenvalue weighted by Crippen LogP contribution is -1.99. The van der Waals surface area contributed by atoms with E-state index in [0.717, 1.165) is 32.9 Å². The molecule has 0 bridgehead atoms. The molecule has 2 N–H and O–H groups in total. The lowest BCUT2D eigenvalue weighted by Gasteiger charge is -2.10. The molecule has 4 rings (SSSR count). The van der Waals surface area contributed by atoms with E-state index in [1.807, 2.05) is 30.3 Å². The molecule has 0 amide bonds. The molecule has 0 spiro atoms. The average Bonchev–Trinajstić information content (AvgIpc) is 3.18. The van der Waals surface area contributed by atoms with Crippen LogP contribution in [0.3, 0.4) is 0 Å². The van der Waals surface area contributed by atoms with Crippen molar-refractivity contribution in [3.8, 4) is 11.3 Å². The summed E-state index contributed by atoms with van der Waals surface area (Å²) in [5, 5.41) is 3.93. The maximum absolute atomic E-state index is 5.97. The maximum Gasteiger partial charge on any atom is 0.183 e. The zero-order chi connectivity index (χ0) is 16.5. The predicted molar refractivity (Wildman–Crippen MR) is 101 cm³/mol. The smallest absolute Gasteiger partial charge is 0.183 e. The SMILES string of the molecule is Clc1ccc2[nH]c(-c3ccccc3NCc3cnc(Cl)s3)cc2n1. The van der Waals surface area contributed by atoms with Crippen molar-refractivity contribution in [1.29, 1.82) is 0 Å². The van der Waals surface area contributed by atoms with Crippen molar-refractivity contribution in [1.82, 2.24) is 15.0 Å². The number of halogens is 2. The molecule has 7 heteroatoms. The Morgan fingerprint density at radius 2 is 2.00 bits per heavy atom. The molecule has 0 aliphatic heterocycles. The van der Waals surface area contributed by atoms with E-state index in [9.17, 15) is 0 Å². The molecule has 0 aliphatic carbocycles. The van der Waals surface area contributed by atoms with Crippen LogP contribution in [0.15, 0.2) is 48.7 Å². The largest absolute Gasteiger partial charge is 0.380 e. The Bertz CT molecular complexity index is 1010. The fraction of sp³-hybridized carbons (Fsp3) is 0.0588. The summed E-state index contributed by atoms with van der Waals surface area (Å²) in [6, 6.07) is 13.8. The van der Waals surface area contributed by atoms with E-state index >= 15 is 0 Å². The van der Waals surface area contributed by atoms with Gasteiger partial charge in [0, 0.05) is 22.3 Å². The van der Waals surface area contributed by atoms with Gasteiger partial charge in [0.2, 0.25) is 0 Å². The van der Waals surface area contributed by atoms with Gasteiger partial charge in [0.15, 0.2) is 4.47 Å². The van der Waals surface area contributed by atoms with Gasteiger partial charge in [-0.2, -0.15) is 0 Å². The number of anilines is 1. The second-order valence-electron chi connectivity index (χ2n) is 5.23. The van der Waals surface area contributed by atoms with Gasteiger partial charge >= 0.3 is 0 Å². The number of hydrogen-bond acceptors (Lipinski definition) is 4. The first kappa shape index (κ1) is 15.4. The number of para-hydroxylation sites is 1. The Balaban J connectivity index is 1.66. The van der Waals surface area contributed by atoms with E-state index in [2.05, 4.69) is 26.3 Å². The molecule has 0 radical (unpaired) electrons. The van der Waals surface area contributed by atoms with Crippen LogP contribution in [0.5, 0.6) is 0 Å². The van der Waals surface area contributed by atoms with Crippen LogP contribution in [0.4, 0.5) is 5.69 Å². The molecule has 24 heavy (non-hydrogen) atoms. The molecule has 0 fully saturated rings. The first-order valence-electron chi connectivity index (χ1n) is 7.28. The number of aromatic nitrogens is 3. The highest BCUT2D eigenvalue weighted by atomic mass is 35.5. The van der Waals surface area contributed by atoms with Crippen LogP contribution in [0.25, 0.3) is 22.3 Å². The molecule has 120 valence electrons. The topological polar surface area (TPSA) is 53.6 Å². The molecule has 0 saturated heterocycles. The van der Waals surface area contributed by atoms with Crippen LogP contribution >= 0.6 is 34.5 Å². The summed E-state index contributed by atoms with van der Waals surface area (Å²) in [5.41, 5.74) is 4.90. The molecule has 3 aromatic heterocycles. The van der Waals surface area contributed by atoms with E-state index in [1.165, 1.54) is 11.3 Å². The van der Waals surface area contributed by atoms with Crippen molar-refractivity contribution in [2.24, 2.45) is 0 Å². The van der Waals surface area contributed by atoms with Gasteiger partial charge in [-0.15, -0.1) is 11.3 Å². The maximum atomic E-state index is 5.97. The number of hydrogen-bond donors (Lipinski definition) is 2. The Morgan fingerprint density at radius 3 is 2.83 bits per heavy atom. The molecule has 3 heterocycles. The Morgan fingerprint density at radius 1 is 1.12 bits per heavy atom. The molecular formula is C17H12Cl2N4S. The van der Waals surface area contributed by atoms with Gasteiger partial charge < -0.3 is 10.3 Å². The lowest BCUT2D eigenvalue weighted by molar-refractivity contribution is 1.17. The summed E-state index contributed by atoms with van der Waals surface area (Å²) in [4.78, 5) is 12.9. The van der Waals surface area contributed by atoms with Crippen molar-refractivity contribution in [2.45, 2.75) is 6.54 Å². The number of thiazole rings is 1. The van der Waals surface area contributed by atoms with Gasteiger partial charge in [0.05, 0.1) is 23.3 Å². The molecule has 0 aliphatic rings. The van der Waals surface area contributed by atoms with Crippen LogP contribution in [0.1, 0.15) is 4.88 Å². The first-order valence-corrected chi connectivity index (χ1v) is 8.85. The van der Waals surface area contributed by atoms with Crippen LogP contribution < -0.4 is 5.32 Å². The average molecular weight is 375 g/mol. The van der Waals surface area contributed by atoms with E-state index in [0.29, 0.717) is 16.2 Å². The molecule has 4 nitrogen and oxygen atoms in total. The zero-order valence-corrected chi connectivity index (χ0v) is 14.7. The number of H-pyrrole nitrogens is 1. The molecule has 0 atom stereocenters. The minimum absolute atomic E-state index is 0.488. The number of benzene rings is 1.